The summed E-state index contributed by atoms with van der Waals surface area (Å²) in [6.07, 6.45) is 5.18. The maximum Gasteiger partial charge on any atom is 0.238 e. The summed E-state index contributed by atoms with van der Waals surface area (Å²) in [6, 6.07) is 13.5. The van der Waals surface area contributed by atoms with Crippen molar-refractivity contribution in [2.24, 2.45) is 23.7 Å². The van der Waals surface area contributed by atoms with E-state index in [1.807, 2.05) is 37.3 Å². The van der Waals surface area contributed by atoms with Gasteiger partial charge < -0.3 is 4.74 Å². The average molecular weight is 387 g/mol. The van der Waals surface area contributed by atoms with Crippen LogP contribution in [0.3, 0.4) is 0 Å². The van der Waals surface area contributed by atoms with E-state index in [2.05, 4.69) is 38.1 Å². The van der Waals surface area contributed by atoms with Crippen molar-refractivity contribution < 1.29 is 14.3 Å². The quantitative estimate of drug-likeness (QED) is 0.534. The molecule has 0 N–H and O–H groups in total. The van der Waals surface area contributed by atoms with Gasteiger partial charge in [0, 0.05) is 0 Å². The first kappa shape index (κ1) is 18.2. The number of fused-ring (bicyclic) bond motifs is 5. The lowest BCUT2D eigenvalue weighted by Crippen LogP contribution is -2.32. The highest BCUT2D eigenvalue weighted by Crippen LogP contribution is 2.53. The van der Waals surface area contributed by atoms with Crippen LogP contribution in [-0.4, -0.2) is 11.8 Å². The molecular weight excluding hydrogens is 362 g/mol. The van der Waals surface area contributed by atoms with Crippen LogP contribution in [0.1, 0.15) is 37.3 Å². The van der Waals surface area contributed by atoms with Gasteiger partial charge in [0.2, 0.25) is 11.8 Å². The van der Waals surface area contributed by atoms with Gasteiger partial charge in [-0.05, 0) is 72.6 Å². The third-order valence-electron chi connectivity index (χ3n) is 6.58. The van der Waals surface area contributed by atoms with Crippen LogP contribution < -0.4 is 9.64 Å². The Hall–Kier alpha value is -2.88. The van der Waals surface area contributed by atoms with Crippen LogP contribution >= 0.6 is 0 Å². The van der Waals surface area contributed by atoms with Crippen molar-refractivity contribution in [3.8, 4) is 11.5 Å². The number of allylic oxidation sites excluding steroid dienone is 2. The van der Waals surface area contributed by atoms with E-state index in [4.69, 9.17) is 4.74 Å². The fourth-order valence-electron chi connectivity index (χ4n) is 5.15. The maximum absolute atomic E-state index is 13.0. The Labute approximate surface area is 171 Å². The largest absolute Gasteiger partial charge is 0.457 e. The van der Waals surface area contributed by atoms with Gasteiger partial charge in [0.05, 0.1) is 17.5 Å². The summed E-state index contributed by atoms with van der Waals surface area (Å²) >= 11 is 0. The van der Waals surface area contributed by atoms with Gasteiger partial charge in [-0.15, -0.1) is 0 Å². The van der Waals surface area contributed by atoms with Crippen LogP contribution in [0.25, 0.3) is 0 Å². The first-order valence-corrected chi connectivity index (χ1v) is 10.4. The standard InChI is InChI=1S/C25H25NO3/c1-14(2)20-11-4-15(3)12-21(20)29-19-9-7-18(8-10-19)26-24(27)22-16-5-6-17(13-16)23(22)25(26)28/h4-12,14,16-17,22-23H,13H2,1-3H3/t16-,17-,22-,23+/m1/s1. The molecule has 1 saturated heterocycles. The van der Waals surface area contributed by atoms with Crippen LogP contribution in [0, 0.1) is 30.6 Å². The van der Waals surface area contributed by atoms with Crippen LogP contribution in [0.2, 0.25) is 0 Å². The van der Waals surface area contributed by atoms with Crippen molar-refractivity contribution in [2.75, 3.05) is 4.90 Å². The van der Waals surface area contributed by atoms with Crippen molar-refractivity contribution in [3.63, 3.8) is 0 Å². The normalized spacial score (nSPS) is 27.2. The number of amides is 2. The number of carbonyl (C=O) groups excluding carboxylic acids is 2. The molecule has 0 spiro atoms. The Morgan fingerprint density at radius 3 is 2.14 bits per heavy atom. The number of rotatable bonds is 4. The Morgan fingerprint density at radius 1 is 0.931 bits per heavy atom. The third kappa shape index (κ3) is 2.81. The molecule has 4 atom stereocenters. The van der Waals surface area contributed by atoms with E-state index < -0.39 is 0 Å². The fourth-order valence-corrected chi connectivity index (χ4v) is 5.15. The van der Waals surface area contributed by atoms with Gasteiger partial charge in [-0.1, -0.05) is 38.1 Å². The highest BCUT2D eigenvalue weighted by molar-refractivity contribution is 6.22. The zero-order chi connectivity index (χ0) is 20.3. The van der Waals surface area contributed by atoms with Gasteiger partial charge in [-0.2, -0.15) is 0 Å². The number of ether oxygens (including phenoxy) is 1. The summed E-state index contributed by atoms with van der Waals surface area (Å²) in [5, 5.41) is 0. The van der Waals surface area contributed by atoms with Gasteiger partial charge in [0.15, 0.2) is 0 Å². The first-order chi connectivity index (χ1) is 13.9. The molecule has 2 aromatic carbocycles. The number of aryl methyl sites for hydroxylation is 1. The van der Waals surface area contributed by atoms with E-state index in [1.165, 1.54) is 4.90 Å². The smallest absolute Gasteiger partial charge is 0.238 e. The van der Waals surface area contributed by atoms with Crippen LogP contribution in [0.4, 0.5) is 5.69 Å². The zero-order valence-electron chi connectivity index (χ0n) is 17.0. The molecule has 2 aliphatic carbocycles. The number of anilines is 1. The van der Waals surface area contributed by atoms with Crippen LogP contribution in [0.15, 0.2) is 54.6 Å². The molecule has 4 heteroatoms. The molecule has 0 unspecified atom stereocenters. The average Bonchev–Trinajstić information content (AvgIpc) is 3.36. The highest BCUT2D eigenvalue weighted by atomic mass is 16.5. The lowest BCUT2D eigenvalue weighted by atomic mass is 9.85. The van der Waals surface area contributed by atoms with E-state index in [0.29, 0.717) is 17.4 Å². The Balaban J connectivity index is 1.39. The topological polar surface area (TPSA) is 46.6 Å². The van der Waals surface area contributed by atoms with Gasteiger partial charge in [0.25, 0.3) is 0 Å². The third-order valence-corrected chi connectivity index (χ3v) is 6.58. The lowest BCUT2D eigenvalue weighted by molar-refractivity contribution is -0.123. The molecule has 2 amide bonds. The van der Waals surface area contributed by atoms with Crippen molar-refractivity contribution in [1.29, 1.82) is 0 Å². The van der Waals surface area contributed by atoms with E-state index in [0.717, 1.165) is 23.3 Å². The molecule has 2 fully saturated rings. The monoisotopic (exact) mass is 387 g/mol. The Bertz CT molecular complexity index is 991. The van der Waals surface area contributed by atoms with E-state index in [9.17, 15) is 9.59 Å². The fraction of sp³-hybridized carbons (Fsp3) is 0.360. The number of carbonyl (C=O) groups is 2. The Morgan fingerprint density at radius 2 is 1.55 bits per heavy atom. The van der Waals surface area contributed by atoms with E-state index in [-0.39, 0.29) is 35.5 Å². The molecule has 1 aliphatic heterocycles. The summed E-state index contributed by atoms with van der Waals surface area (Å²) in [5.74, 6) is 1.91. The molecule has 148 valence electrons. The van der Waals surface area contributed by atoms with E-state index >= 15 is 0 Å². The molecule has 0 aromatic heterocycles. The number of hydrogen-bond acceptors (Lipinski definition) is 3. The second-order valence-corrected chi connectivity index (χ2v) is 8.80. The molecule has 3 aliphatic rings. The summed E-state index contributed by atoms with van der Waals surface area (Å²) in [7, 11) is 0. The first-order valence-electron chi connectivity index (χ1n) is 10.4. The molecule has 29 heavy (non-hydrogen) atoms. The minimum atomic E-state index is -0.172. The minimum Gasteiger partial charge on any atom is -0.457 e. The second-order valence-electron chi connectivity index (χ2n) is 8.80. The van der Waals surface area contributed by atoms with Gasteiger partial charge in [-0.3, -0.25) is 14.5 Å². The molecule has 1 saturated carbocycles. The van der Waals surface area contributed by atoms with Crippen molar-refractivity contribution in [3.05, 3.63) is 65.7 Å². The molecule has 4 nitrogen and oxygen atoms in total. The summed E-state index contributed by atoms with van der Waals surface area (Å²) in [4.78, 5) is 27.3. The Kier molecular flexibility index (Phi) is 4.12. The van der Waals surface area contributed by atoms with Gasteiger partial charge in [0.1, 0.15) is 11.5 Å². The highest BCUT2D eigenvalue weighted by Gasteiger charge is 2.59. The lowest BCUT2D eigenvalue weighted by Gasteiger charge is -2.18. The van der Waals surface area contributed by atoms with Crippen LogP contribution in [0.5, 0.6) is 11.5 Å². The molecular formula is C25H25NO3. The predicted molar refractivity (Wildman–Crippen MR) is 112 cm³/mol. The second kappa shape index (κ2) is 6.58. The molecule has 2 bridgehead atoms. The maximum atomic E-state index is 13.0. The summed E-state index contributed by atoms with van der Waals surface area (Å²) in [6.45, 7) is 6.33. The summed E-state index contributed by atoms with van der Waals surface area (Å²) < 4.78 is 6.14. The molecule has 2 aromatic rings. The number of nitrogens with zero attached hydrogens (tertiary/aromatic N) is 1. The SMILES string of the molecule is Cc1ccc(C(C)C)c(Oc2ccc(N3C(=O)[C@@H]4[C@H](C3=O)[C@@H]3C=C[C@@H]4C3)cc2)c1. The summed E-state index contributed by atoms with van der Waals surface area (Å²) in [5.41, 5.74) is 2.93. The molecule has 0 radical (unpaired) electrons. The molecule has 1 heterocycles. The molecule has 5 rings (SSSR count). The zero-order valence-corrected chi connectivity index (χ0v) is 17.0. The number of imide groups is 1. The van der Waals surface area contributed by atoms with E-state index in [1.54, 1.807) is 0 Å². The predicted octanol–water partition coefficient (Wildman–Crippen LogP) is 5.22. The number of hydrogen-bond donors (Lipinski definition) is 0. The van der Waals surface area contributed by atoms with Gasteiger partial charge in [-0.25, -0.2) is 0 Å². The van der Waals surface area contributed by atoms with Gasteiger partial charge >= 0.3 is 0 Å². The number of benzene rings is 2. The van der Waals surface area contributed by atoms with Crippen molar-refractivity contribution in [2.45, 2.75) is 33.1 Å². The van der Waals surface area contributed by atoms with Crippen LogP contribution in [-0.2, 0) is 9.59 Å². The minimum absolute atomic E-state index is 0.0497. The van der Waals surface area contributed by atoms with Crippen molar-refractivity contribution in [1.82, 2.24) is 0 Å². The van der Waals surface area contributed by atoms with Crippen molar-refractivity contribution >= 4 is 17.5 Å².